The van der Waals surface area contributed by atoms with Gasteiger partial charge in [-0.2, -0.15) is 4.98 Å². The third-order valence-electron chi connectivity index (χ3n) is 2.97. The topological polar surface area (TPSA) is 49.8 Å². The summed E-state index contributed by atoms with van der Waals surface area (Å²) in [5.74, 6) is 1.53. The largest absolute Gasteiger partial charge is 0.354 e. The van der Waals surface area contributed by atoms with Gasteiger partial charge in [-0.15, -0.1) is 11.3 Å². The lowest BCUT2D eigenvalue weighted by molar-refractivity contribution is 0.958. The van der Waals surface area contributed by atoms with Gasteiger partial charge in [-0.3, -0.25) is 0 Å². The van der Waals surface area contributed by atoms with E-state index < -0.39 is 0 Å². The first-order chi connectivity index (χ1) is 10.3. The average Bonchev–Trinajstić information content (AvgIpc) is 2.96. The lowest BCUT2D eigenvalue weighted by Gasteiger charge is -2.09. The molecule has 0 aliphatic carbocycles. The van der Waals surface area contributed by atoms with Gasteiger partial charge in [0.2, 0.25) is 5.95 Å². The lowest BCUT2D eigenvalue weighted by atomic mass is 10.3. The van der Waals surface area contributed by atoms with E-state index in [1.807, 2.05) is 5.38 Å². The molecule has 21 heavy (non-hydrogen) atoms. The van der Waals surface area contributed by atoms with Crippen LogP contribution in [0.25, 0.3) is 10.2 Å². The average molecular weight is 410 g/mol. The molecule has 0 saturated carbocycles. The molecule has 0 saturated heterocycles. The highest BCUT2D eigenvalue weighted by Gasteiger charge is 2.09. The van der Waals surface area contributed by atoms with E-state index >= 15 is 0 Å². The number of rotatable bonds is 5. The zero-order chi connectivity index (χ0) is 14.7. The van der Waals surface area contributed by atoms with Crippen LogP contribution in [-0.4, -0.2) is 16.5 Å². The molecule has 0 aliphatic rings. The van der Waals surface area contributed by atoms with Gasteiger partial charge in [-0.25, -0.2) is 4.98 Å². The number of anilines is 3. The quantitative estimate of drug-likeness (QED) is 0.590. The van der Waals surface area contributed by atoms with Crippen LogP contribution < -0.4 is 10.6 Å². The van der Waals surface area contributed by atoms with Gasteiger partial charge in [0.15, 0.2) is 0 Å². The molecule has 0 spiro atoms. The number of halogens is 1. The van der Waals surface area contributed by atoms with E-state index in [1.165, 1.54) is 3.57 Å². The highest BCUT2D eigenvalue weighted by molar-refractivity contribution is 14.1. The van der Waals surface area contributed by atoms with Gasteiger partial charge in [0.1, 0.15) is 10.6 Å². The molecular weight excluding hydrogens is 395 g/mol. The number of hydrogen-bond donors (Lipinski definition) is 2. The fourth-order valence-electron chi connectivity index (χ4n) is 1.94. The Bertz CT molecular complexity index is 739. The van der Waals surface area contributed by atoms with E-state index in [0.717, 1.165) is 34.7 Å². The molecule has 0 radical (unpaired) electrons. The third-order valence-corrected chi connectivity index (χ3v) is 4.49. The minimum absolute atomic E-state index is 0.680. The normalized spacial score (nSPS) is 10.8. The van der Waals surface area contributed by atoms with Crippen molar-refractivity contribution in [3.63, 3.8) is 0 Å². The second-order valence-corrected chi connectivity index (χ2v) is 6.73. The second kappa shape index (κ2) is 6.57. The minimum Gasteiger partial charge on any atom is -0.354 e. The maximum Gasteiger partial charge on any atom is 0.226 e. The Hall–Kier alpha value is -1.41. The summed E-state index contributed by atoms with van der Waals surface area (Å²) in [6.07, 6.45) is 1.05. The number of benzene rings is 1. The summed E-state index contributed by atoms with van der Waals surface area (Å²) in [5.41, 5.74) is 1.03. The van der Waals surface area contributed by atoms with E-state index in [9.17, 15) is 0 Å². The standard InChI is InChI=1S/C15H15IN4S/c1-2-8-17-15-19-13(12-7-9-21-14(12)20-15)18-11-5-3-10(16)4-6-11/h3-7,9H,2,8H2,1H3,(H2,17,18,19,20). The van der Waals surface area contributed by atoms with Crippen LogP contribution in [0.1, 0.15) is 13.3 Å². The first kappa shape index (κ1) is 14.5. The molecule has 2 N–H and O–H groups in total. The molecule has 6 heteroatoms. The van der Waals surface area contributed by atoms with Gasteiger partial charge >= 0.3 is 0 Å². The van der Waals surface area contributed by atoms with Crippen molar-refractivity contribution in [2.45, 2.75) is 13.3 Å². The maximum atomic E-state index is 4.60. The van der Waals surface area contributed by atoms with Crippen LogP contribution in [0.15, 0.2) is 35.7 Å². The van der Waals surface area contributed by atoms with E-state index in [4.69, 9.17) is 0 Å². The Labute approximate surface area is 141 Å². The SMILES string of the molecule is CCCNc1nc(Nc2ccc(I)cc2)c2ccsc2n1. The fraction of sp³-hybridized carbons (Fsp3) is 0.200. The molecule has 108 valence electrons. The van der Waals surface area contributed by atoms with Gasteiger partial charge in [0, 0.05) is 15.8 Å². The Morgan fingerprint density at radius 3 is 2.71 bits per heavy atom. The van der Waals surface area contributed by atoms with Gasteiger partial charge in [-0.1, -0.05) is 6.92 Å². The van der Waals surface area contributed by atoms with Crippen molar-refractivity contribution in [1.29, 1.82) is 0 Å². The lowest BCUT2D eigenvalue weighted by Crippen LogP contribution is -2.06. The highest BCUT2D eigenvalue weighted by atomic mass is 127. The predicted octanol–water partition coefficient (Wildman–Crippen LogP) is 4.86. The summed E-state index contributed by atoms with van der Waals surface area (Å²) in [4.78, 5) is 10.1. The Morgan fingerprint density at radius 1 is 1.14 bits per heavy atom. The van der Waals surface area contributed by atoms with E-state index in [0.29, 0.717) is 5.95 Å². The second-order valence-electron chi connectivity index (χ2n) is 4.59. The van der Waals surface area contributed by atoms with Crippen LogP contribution >= 0.6 is 33.9 Å². The molecule has 0 fully saturated rings. The van der Waals surface area contributed by atoms with Crippen molar-refractivity contribution >= 4 is 61.6 Å². The Balaban J connectivity index is 1.95. The predicted molar refractivity (Wildman–Crippen MR) is 98.6 cm³/mol. The Morgan fingerprint density at radius 2 is 1.95 bits per heavy atom. The van der Waals surface area contributed by atoms with Crippen molar-refractivity contribution in [3.05, 3.63) is 39.3 Å². The summed E-state index contributed by atoms with van der Waals surface area (Å²) >= 11 is 3.93. The molecule has 0 aliphatic heterocycles. The van der Waals surface area contributed by atoms with Crippen LogP contribution in [0.3, 0.4) is 0 Å². The molecule has 1 aromatic carbocycles. The van der Waals surface area contributed by atoms with Crippen molar-refractivity contribution in [1.82, 2.24) is 9.97 Å². The highest BCUT2D eigenvalue weighted by Crippen LogP contribution is 2.28. The summed E-state index contributed by atoms with van der Waals surface area (Å²) in [5, 5.41) is 9.74. The van der Waals surface area contributed by atoms with Crippen LogP contribution in [0.2, 0.25) is 0 Å². The molecule has 2 heterocycles. The van der Waals surface area contributed by atoms with Crippen molar-refractivity contribution in [3.8, 4) is 0 Å². The zero-order valence-electron chi connectivity index (χ0n) is 11.6. The number of aromatic nitrogens is 2. The monoisotopic (exact) mass is 410 g/mol. The summed E-state index contributed by atoms with van der Waals surface area (Å²) in [7, 11) is 0. The molecule has 3 aromatic rings. The van der Waals surface area contributed by atoms with Crippen LogP contribution in [0, 0.1) is 3.57 Å². The van der Waals surface area contributed by atoms with Gasteiger partial charge in [-0.05, 0) is 64.7 Å². The van der Waals surface area contributed by atoms with Crippen molar-refractivity contribution in [2.75, 3.05) is 17.2 Å². The molecule has 4 nitrogen and oxygen atoms in total. The molecular formula is C15H15IN4S. The molecule has 0 atom stereocenters. The number of hydrogen-bond acceptors (Lipinski definition) is 5. The van der Waals surface area contributed by atoms with Gasteiger partial charge in [0.05, 0.1) is 5.39 Å². The molecule has 0 bridgehead atoms. The van der Waals surface area contributed by atoms with Crippen LogP contribution in [0.5, 0.6) is 0 Å². The summed E-state index contributed by atoms with van der Waals surface area (Å²) in [6, 6.07) is 10.3. The molecule has 3 rings (SSSR count). The van der Waals surface area contributed by atoms with Crippen LogP contribution in [0.4, 0.5) is 17.5 Å². The molecule has 0 amide bonds. The van der Waals surface area contributed by atoms with Crippen molar-refractivity contribution in [2.24, 2.45) is 0 Å². The third kappa shape index (κ3) is 3.44. The first-order valence-electron chi connectivity index (χ1n) is 6.78. The first-order valence-corrected chi connectivity index (χ1v) is 8.74. The number of nitrogens with zero attached hydrogens (tertiary/aromatic N) is 2. The van der Waals surface area contributed by atoms with E-state index in [2.05, 4.69) is 80.4 Å². The van der Waals surface area contributed by atoms with Crippen molar-refractivity contribution < 1.29 is 0 Å². The smallest absolute Gasteiger partial charge is 0.226 e. The molecule has 0 unspecified atom stereocenters. The van der Waals surface area contributed by atoms with E-state index in [1.54, 1.807) is 11.3 Å². The maximum absolute atomic E-state index is 4.60. The number of thiophene rings is 1. The Kier molecular flexibility index (Phi) is 4.54. The molecule has 2 aromatic heterocycles. The number of nitrogens with one attached hydrogen (secondary N) is 2. The zero-order valence-corrected chi connectivity index (χ0v) is 14.5. The fourth-order valence-corrected chi connectivity index (χ4v) is 3.06. The summed E-state index contributed by atoms with van der Waals surface area (Å²) in [6.45, 7) is 3.00. The van der Waals surface area contributed by atoms with Crippen LogP contribution in [-0.2, 0) is 0 Å². The number of fused-ring (bicyclic) bond motifs is 1. The summed E-state index contributed by atoms with van der Waals surface area (Å²) < 4.78 is 1.21. The van der Waals surface area contributed by atoms with E-state index in [-0.39, 0.29) is 0 Å². The minimum atomic E-state index is 0.680. The van der Waals surface area contributed by atoms with Gasteiger partial charge < -0.3 is 10.6 Å². The van der Waals surface area contributed by atoms with Gasteiger partial charge in [0.25, 0.3) is 0 Å².